The van der Waals surface area contributed by atoms with Gasteiger partial charge in [0.15, 0.2) is 0 Å². The molecule has 1 aliphatic heterocycles. The fraction of sp³-hybridized carbons (Fsp3) is 0.462. The summed E-state index contributed by atoms with van der Waals surface area (Å²) < 4.78 is 4.84. The predicted molar refractivity (Wildman–Crippen MR) is 69.5 cm³/mol. The first-order valence-corrected chi connectivity index (χ1v) is 5.69. The van der Waals surface area contributed by atoms with Gasteiger partial charge < -0.3 is 10.1 Å². The summed E-state index contributed by atoms with van der Waals surface area (Å²) in [7, 11) is 1.45. The molecule has 0 bridgehead atoms. The van der Waals surface area contributed by atoms with E-state index >= 15 is 0 Å². The molecule has 1 fully saturated rings. The monoisotopic (exact) mass is 255 g/mol. The standard InChI is InChI=1S/C13H17NO2.ClH/c1-16-13(15)12-11(8-5-9-14-12)10-6-3-2-4-7-10;/h2-4,6-7,11-12,14H,5,8-9H2,1H3;1H. The lowest BCUT2D eigenvalue weighted by Crippen LogP contribution is -2.46. The Balaban J connectivity index is 0.00000144. The third-order valence-electron chi connectivity index (χ3n) is 3.14. The molecule has 0 amide bonds. The van der Waals surface area contributed by atoms with Crippen LogP contribution in [0.1, 0.15) is 24.3 Å². The van der Waals surface area contributed by atoms with E-state index < -0.39 is 0 Å². The van der Waals surface area contributed by atoms with Crippen LogP contribution in [0.15, 0.2) is 30.3 Å². The zero-order chi connectivity index (χ0) is 11.4. The van der Waals surface area contributed by atoms with Gasteiger partial charge in [-0.2, -0.15) is 0 Å². The zero-order valence-corrected chi connectivity index (χ0v) is 10.7. The quantitative estimate of drug-likeness (QED) is 0.823. The molecule has 94 valence electrons. The number of carbonyl (C=O) groups excluding carboxylic acids is 1. The van der Waals surface area contributed by atoms with Crippen LogP contribution in [0.25, 0.3) is 0 Å². The predicted octanol–water partition coefficient (Wildman–Crippen LogP) is 2.12. The van der Waals surface area contributed by atoms with Gasteiger partial charge in [0.25, 0.3) is 0 Å². The SMILES string of the molecule is COC(=O)C1NCCCC1c1ccccc1.Cl. The Morgan fingerprint density at radius 3 is 2.71 bits per heavy atom. The number of hydrogen-bond donors (Lipinski definition) is 1. The number of carbonyl (C=O) groups is 1. The third-order valence-corrected chi connectivity index (χ3v) is 3.14. The maximum atomic E-state index is 11.7. The highest BCUT2D eigenvalue weighted by atomic mass is 35.5. The normalized spacial score (nSPS) is 23.6. The van der Waals surface area contributed by atoms with Crippen molar-refractivity contribution in [3.63, 3.8) is 0 Å². The fourth-order valence-electron chi connectivity index (χ4n) is 2.32. The minimum absolute atomic E-state index is 0. The summed E-state index contributed by atoms with van der Waals surface area (Å²) in [6.07, 6.45) is 2.14. The Morgan fingerprint density at radius 2 is 2.06 bits per heavy atom. The van der Waals surface area contributed by atoms with Crippen LogP contribution in [-0.4, -0.2) is 25.7 Å². The maximum absolute atomic E-state index is 11.7. The molecule has 1 N–H and O–H groups in total. The van der Waals surface area contributed by atoms with Gasteiger partial charge in [-0.15, -0.1) is 12.4 Å². The molecule has 3 nitrogen and oxygen atoms in total. The van der Waals surface area contributed by atoms with E-state index in [1.807, 2.05) is 18.2 Å². The summed E-state index contributed by atoms with van der Waals surface area (Å²) in [6.45, 7) is 0.892. The minimum atomic E-state index is -0.193. The summed E-state index contributed by atoms with van der Waals surface area (Å²) in [5.74, 6) is 0.0796. The van der Waals surface area contributed by atoms with E-state index in [4.69, 9.17) is 4.74 Å². The first kappa shape index (κ1) is 14.0. The largest absolute Gasteiger partial charge is 0.468 e. The molecule has 0 radical (unpaired) electrons. The number of benzene rings is 1. The van der Waals surface area contributed by atoms with Crippen LogP contribution in [0.3, 0.4) is 0 Å². The summed E-state index contributed by atoms with van der Waals surface area (Å²) in [4.78, 5) is 11.7. The molecule has 2 unspecified atom stereocenters. The van der Waals surface area contributed by atoms with Crippen molar-refractivity contribution in [2.45, 2.75) is 24.8 Å². The van der Waals surface area contributed by atoms with E-state index in [1.54, 1.807) is 0 Å². The van der Waals surface area contributed by atoms with Gasteiger partial charge in [0.2, 0.25) is 0 Å². The lowest BCUT2D eigenvalue weighted by Gasteiger charge is -2.30. The number of ether oxygens (including phenoxy) is 1. The van der Waals surface area contributed by atoms with Crippen molar-refractivity contribution in [1.29, 1.82) is 0 Å². The van der Waals surface area contributed by atoms with E-state index in [9.17, 15) is 4.79 Å². The van der Waals surface area contributed by atoms with E-state index in [0.717, 1.165) is 19.4 Å². The maximum Gasteiger partial charge on any atom is 0.323 e. The summed E-state index contributed by atoms with van der Waals surface area (Å²) in [6, 6.07) is 9.98. The van der Waals surface area contributed by atoms with Crippen molar-refractivity contribution in [1.82, 2.24) is 5.32 Å². The number of esters is 1. The summed E-state index contributed by atoms with van der Waals surface area (Å²) >= 11 is 0. The highest BCUT2D eigenvalue weighted by Gasteiger charge is 2.32. The number of halogens is 1. The average molecular weight is 256 g/mol. The van der Waals surface area contributed by atoms with E-state index in [-0.39, 0.29) is 30.3 Å². The molecular weight excluding hydrogens is 238 g/mol. The van der Waals surface area contributed by atoms with E-state index in [1.165, 1.54) is 12.7 Å². The van der Waals surface area contributed by atoms with Crippen molar-refractivity contribution in [3.8, 4) is 0 Å². The van der Waals surface area contributed by atoms with Gasteiger partial charge in [-0.05, 0) is 24.9 Å². The molecule has 0 spiro atoms. The Morgan fingerprint density at radius 1 is 1.35 bits per heavy atom. The lowest BCUT2D eigenvalue weighted by atomic mass is 9.85. The molecule has 4 heteroatoms. The third kappa shape index (κ3) is 3.20. The van der Waals surface area contributed by atoms with Crippen molar-refractivity contribution >= 4 is 18.4 Å². The van der Waals surface area contributed by atoms with Gasteiger partial charge in [-0.1, -0.05) is 30.3 Å². The number of rotatable bonds is 2. The van der Waals surface area contributed by atoms with Crippen molar-refractivity contribution in [3.05, 3.63) is 35.9 Å². The van der Waals surface area contributed by atoms with Crippen LogP contribution in [0.2, 0.25) is 0 Å². The molecule has 1 heterocycles. The van der Waals surface area contributed by atoms with Gasteiger partial charge in [0.05, 0.1) is 7.11 Å². The lowest BCUT2D eigenvalue weighted by molar-refractivity contribution is -0.144. The Kier molecular flexibility index (Phi) is 5.45. The van der Waals surface area contributed by atoms with Crippen LogP contribution >= 0.6 is 12.4 Å². The first-order valence-electron chi connectivity index (χ1n) is 5.69. The van der Waals surface area contributed by atoms with Crippen LogP contribution in [0, 0.1) is 0 Å². The second-order valence-corrected chi connectivity index (χ2v) is 4.11. The van der Waals surface area contributed by atoms with E-state index in [2.05, 4.69) is 17.4 Å². The second kappa shape index (κ2) is 6.62. The number of nitrogens with one attached hydrogen (secondary N) is 1. The van der Waals surface area contributed by atoms with Crippen molar-refractivity contribution in [2.24, 2.45) is 0 Å². The molecule has 1 aromatic rings. The van der Waals surface area contributed by atoms with E-state index in [0.29, 0.717) is 0 Å². The number of piperidine rings is 1. The van der Waals surface area contributed by atoms with Gasteiger partial charge in [0.1, 0.15) is 6.04 Å². The Hall–Kier alpha value is -1.06. The van der Waals surface area contributed by atoms with Gasteiger partial charge in [-0.25, -0.2) is 0 Å². The molecule has 1 aromatic carbocycles. The number of methoxy groups -OCH3 is 1. The van der Waals surface area contributed by atoms with Crippen LogP contribution in [0.5, 0.6) is 0 Å². The van der Waals surface area contributed by atoms with Gasteiger partial charge in [0, 0.05) is 5.92 Å². The van der Waals surface area contributed by atoms with Crippen LogP contribution < -0.4 is 5.32 Å². The summed E-state index contributed by atoms with van der Waals surface area (Å²) in [5.41, 5.74) is 1.21. The fourth-order valence-corrected chi connectivity index (χ4v) is 2.32. The highest BCUT2D eigenvalue weighted by molar-refractivity contribution is 5.85. The molecular formula is C13H18ClNO2. The molecule has 0 aromatic heterocycles. The Bertz CT molecular complexity index is 356. The first-order chi connectivity index (χ1) is 7.83. The smallest absolute Gasteiger partial charge is 0.323 e. The highest BCUT2D eigenvalue weighted by Crippen LogP contribution is 2.28. The molecule has 1 saturated heterocycles. The molecule has 2 atom stereocenters. The van der Waals surface area contributed by atoms with Crippen LogP contribution in [0.4, 0.5) is 0 Å². The molecule has 17 heavy (non-hydrogen) atoms. The zero-order valence-electron chi connectivity index (χ0n) is 9.89. The average Bonchev–Trinajstić information content (AvgIpc) is 2.39. The Labute approximate surface area is 108 Å². The summed E-state index contributed by atoms with van der Waals surface area (Å²) in [5, 5.41) is 3.24. The molecule has 0 saturated carbocycles. The minimum Gasteiger partial charge on any atom is -0.468 e. The molecule has 2 rings (SSSR count). The van der Waals surface area contributed by atoms with Crippen molar-refractivity contribution in [2.75, 3.05) is 13.7 Å². The van der Waals surface area contributed by atoms with Crippen LogP contribution in [-0.2, 0) is 9.53 Å². The second-order valence-electron chi connectivity index (χ2n) is 4.11. The molecule has 1 aliphatic rings. The topological polar surface area (TPSA) is 38.3 Å². The number of hydrogen-bond acceptors (Lipinski definition) is 3. The van der Waals surface area contributed by atoms with Gasteiger partial charge >= 0.3 is 5.97 Å². The molecule has 0 aliphatic carbocycles. The van der Waals surface area contributed by atoms with Gasteiger partial charge in [-0.3, -0.25) is 4.79 Å². The van der Waals surface area contributed by atoms with Crippen molar-refractivity contribution < 1.29 is 9.53 Å².